The van der Waals surface area contributed by atoms with E-state index < -0.39 is 11.9 Å². The molecule has 0 aliphatic carbocycles. The zero-order valence-electron chi connectivity index (χ0n) is 20.4. The van der Waals surface area contributed by atoms with Crippen LogP contribution in [0, 0.1) is 0 Å². The van der Waals surface area contributed by atoms with Crippen molar-refractivity contribution in [3.05, 3.63) is 62.8 Å². The van der Waals surface area contributed by atoms with Crippen LogP contribution in [-0.2, 0) is 17.8 Å². The van der Waals surface area contributed by atoms with Gasteiger partial charge in [0.1, 0.15) is 12.3 Å². The second-order valence-corrected chi connectivity index (χ2v) is 10.2. The maximum atomic E-state index is 13.2. The van der Waals surface area contributed by atoms with Crippen molar-refractivity contribution in [3.8, 4) is 0 Å². The molecule has 3 heterocycles. The number of nitrogens with zero attached hydrogens (tertiary/aromatic N) is 3. The fourth-order valence-electron chi connectivity index (χ4n) is 4.89. The van der Waals surface area contributed by atoms with Crippen molar-refractivity contribution in [2.45, 2.75) is 31.8 Å². The van der Waals surface area contributed by atoms with Gasteiger partial charge in [-0.3, -0.25) is 14.7 Å². The molecule has 4 amide bonds. The largest absolute Gasteiger partial charge is 0.341 e. The Morgan fingerprint density at radius 1 is 1.11 bits per heavy atom. The third-order valence-electron chi connectivity index (χ3n) is 6.96. The Morgan fingerprint density at radius 2 is 1.89 bits per heavy atom. The molecular formula is C26H26Cl2N6O4. The van der Waals surface area contributed by atoms with E-state index in [1.165, 1.54) is 0 Å². The molecule has 0 radical (unpaired) electrons. The minimum Gasteiger partial charge on any atom is -0.341 e. The Bertz CT molecular complexity index is 1420. The van der Waals surface area contributed by atoms with Crippen LogP contribution in [0.25, 0.3) is 10.9 Å². The lowest BCUT2D eigenvalue weighted by atomic mass is 9.96. The molecule has 3 aromatic rings. The van der Waals surface area contributed by atoms with Gasteiger partial charge < -0.3 is 25.2 Å². The van der Waals surface area contributed by atoms with Crippen molar-refractivity contribution in [2.24, 2.45) is 0 Å². The highest BCUT2D eigenvalue weighted by Crippen LogP contribution is 2.35. The van der Waals surface area contributed by atoms with Crippen molar-refractivity contribution in [3.63, 3.8) is 0 Å². The van der Waals surface area contributed by atoms with E-state index in [0.29, 0.717) is 37.9 Å². The van der Waals surface area contributed by atoms with Gasteiger partial charge in [-0.2, -0.15) is 5.10 Å². The number of likely N-dealkylation sites (tertiary alicyclic amines) is 1. The standard InChI is InChI=1S/C26H26Cl2N6O4/c27-20-9-17-13-34(25(37)15-3-4-16-11-30-32-21(16)10-15)8-5-19(17)23(28)22(20)24(36)31-18(14-35)12-29-26(38)33-6-1-2-7-33/h3-4,9-11,14,18H,1-2,5-8,12-13H2,(H,29,38)(H,30,32)(H,31,36)/t18-/m0/s1. The molecule has 10 nitrogen and oxygen atoms in total. The molecule has 1 atom stereocenters. The maximum absolute atomic E-state index is 13.2. The van der Waals surface area contributed by atoms with E-state index in [2.05, 4.69) is 20.8 Å². The summed E-state index contributed by atoms with van der Waals surface area (Å²) in [6.07, 6.45) is 4.59. The smallest absolute Gasteiger partial charge is 0.317 e. The molecule has 1 fully saturated rings. The van der Waals surface area contributed by atoms with Crippen molar-refractivity contribution >= 4 is 58.2 Å². The number of rotatable bonds is 6. The van der Waals surface area contributed by atoms with E-state index in [-0.39, 0.29) is 40.6 Å². The number of nitrogens with one attached hydrogen (secondary N) is 3. The monoisotopic (exact) mass is 556 g/mol. The highest BCUT2D eigenvalue weighted by Gasteiger charge is 2.29. The number of fused-ring (bicyclic) bond motifs is 2. The fraction of sp³-hybridized carbons (Fsp3) is 0.346. The second kappa shape index (κ2) is 11.0. The molecule has 0 bridgehead atoms. The minimum absolute atomic E-state index is 0.0494. The number of hydrogen-bond donors (Lipinski definition) is 3. The molecule has 5 rings (SSSR count). The van der Waals surface area contributed by atoms with Crippen LogP contribution in [0.2, 0.25) is 10.0 Å². The van der Waals surface area contributed by atoms with Gasteiger partial charge >= 0.3 is 6.03 Å². The van der Waals surface area contributed by atoms with E-state index in [4.69, 9.17) is 23.2 Å². The maximum Gasteiger partial charge on any atom is 0.317 e. The van der Waals surface area contributed by atoms with Crippen LogP contribution in [0.3, 0.4) is 0 Å². The van der Waals surface area contributed by atoms with E-state index in [1.807, 2.05) is 6.07 Å². The summed E-state index contributed by atoms with van der Waals surface area (Å²) >= 11 is 13.1. The van der Waals surface area contributed by atoms with Gasteiger partial charge in [0.15, 0.2) is 0 Å². The van der Waals surface area contributed by atoms with Crippen LogP contribution in [-0.4, -0.2) is 76.3 Å². The normalized spacial score (nSPS) is 15.7. The van der Waals surface area contributed by atoms with Gasteiger partial charge in [0.05, 0.1) is 27.3 Å². The number of H-pyrrole nitrogens is 1. The SMILES string of the molecule is O=C[C@H](CNC(=O)N1CCCC1)NC(=O)c1c(Cl)cc2c(c1Cl)CCN(C(=O)c1ccc3cn[nH]c3c1)C2. The molecule has 2 aliphatic rings. The number of urea groups is 1. The Labute approximate surface area is 228 Å². The molecule has 0 unspecified atom stereocenters. The Morgan fingerprint density at radius 3 is 2.66 bits per heavy atom. The van der Waals surface area contributed by atoms with Crippen molar-refractivity contribution in [2.75, 3.05) is 26.2 Å². The molecule has 1 saturated heterocycles. The first-order valence-electron chi connectivity index (χ1n) is 12.4. The van der Waals surface area contributed by atoms with Crippen molar-refractivity contribution < 1.29 is 19.2 Å². The number of aromatic amines is 1. The lowest BCUT2D eigenvalue weighted by Gasteiger charge is -2.30. The molecular weight excluding hydrogens is 531 g/mol. The van der Waals surface area contributed by atoms with E-state index in [9.17, 15) is 19.2 Å². The van der Waals surface area contributed by atoms with Gasteiger partial charge in [0.25, 0.3) is 11.8 Å². The zero-order valence-corrected chi connectivity index (χ0v) is 21.9. The quantitative estimate of drug-likeness (QED) is 0.402. The highest BCUT2D eigenvalue weighted by molar-refractivity contribution is 6.40. The second-order valence-electron chi connectivity index (χ2n) is 9.43. The number of hydrogen-bond acceptors (Lipinski definition) is 5. The van der Waals surface area contributed by atoms with Gasteiger partial charge in [0, 0.05) is 43.7 Å². The van der Waals surface area contributed by atoms with Crippen LogP contribution in [0.4, 0.5) is 4.79 Å². The van der Waals surface area contributed by atoms with Crippen molar-refractivity contribution in [1.82, 2.24) is 30.6 Å². The fourth-order valence-corrected chi connectivity index (χ4v) is 5.65. The van der Waals surface area contributed by atoms with Crippen molar-refractivity contribution in [1.29, 1.82) is 0 Å². The number of amides is 4. The molecule has 198 valence electrons. The summed E-state index contributed by atoms with van der Waals surface area (Å²) in [5, 5.41) is 13.4. The number of benzene rings is 2. The molecule has 38 heavy (non-hydrogen) atoms. The first-order chi connectivity index (χ1) is 18.4. The molecule has 3 N–H and O–H groups in total. The number of halogens is 2. The highest BCUT2D eigenvalue weighted by atomic mass is 35.5. The predicted octanol–water partition coefficient (Wildman–Crippen LogP) is 3.17. The van der Waals surface area contributed by atoms with Crippen LogP contribution in [0.5, 0.6) is 0 Å². The number of aromatic nitrogens is 2. The van der Waals surface area contributed by atoms with Gasteiger partial charge in [-0.25, -0.2) is 4.79 Å². The average Bonchev–Trinajstić information content (AvgIpc) is 3.62. The lowest BCUT2D eigenvalue weighted by Crippen LogP contribution is -2.48. The van der Waals surface area contributed by atoms with Crippen LogP contribution < -0.4 is 10.6 Å². The molecule has 0 saturated carbocycles. The van der Waals surface area contributed by atoms with Gasteiger partial charge in [-0.05, 0) is 48.6 Å². The van der Waals surface area contributed by atoms with Crippen LogP contribution >= 0.6 is 23.2 Å². The lowest BCUT2D eigenvalue weighted by molar-refractivity contribution is -0.109. The zero-order chi connectivity index (χ0) is 26.8. The summed E-state index contributed by atoms with van der Waals surface area (Å²) in [6, 6.07) is 5.80. The molecule has 12 heteroatoms. The number of aldehydes is 1. The first kappa shape index (κ1) is 26.0. The minimum atomic E-state index is -0.947. The van der Waals surface area contributed by atoms with Crippen LogP contribution in [0.1, 0.15) is 44.7 Å². The van der Waals surface area contributed by atoms with Gasteiger partial charge in [-0.15, -0.1) is 0 Å². The molecule has 2 aliphatic heterocycles. The van der Waals surface area contributed by atoms with Gasteiger partial charge in [-0.1, -0.05) is 29.3 Å². The molecule has 2 aromatic carbocycles. The molecule has 0 spiro atoms. The first-order valence-corrected chi connectivity index (χ1v) is 13.1. The van der Waals surface area contributed by atoms with E-state index in [0.717, 1.165) is 34.9 Å². The molecule has 1 aromatic heterocycles. The van der Waals surface area contributed by atoms with E-state index >= 15 is 0 Å². The predicted molar refractivity (Wildman–Crippen MR) is 143 cm³/mol. The summed E-state index contributed by atoms with van der Waals surface area (Å²) in [7, 11) is 0. The Hall–Kier alpha value is -3.63. The summed E-state index contributed by atoms with van der Waals surface area (Å²) in [6.45, 7) is 2.00. The third kappa shape index (κ3) is 5.19. The number of carbonyl (C=O) groups is 4. The topological polar surface area (TPSA) is 128 Å². The summed E-state index contributed by atoms with van der Waals surface area (Å²) < 4.78 is 0. The summed E-state index contributed by atoms with van der Waals surface area (Å²) in [5.41, 5.74) is 2.87. The van der Waals surface area contributed by atoms with Gasteiger partial charge in [0.2, 0.25) is 0 Å². The van der Waals surface area contributed by atoms with E-state index in [1.54, 1.807) is 34.2 Å². The Balaban J connectivity index is 1.27. The summed E-state index contributed by atoms with van der Waals surface area (Å²) in [4.78, 5) is 53.4. The van der Waals surface area contributed by atoms with Crippen LogP contribution in [0.15, 0.2) is 30.5 Å². The Kier molecular flexibility index (Phi) is 7.53. The third-order valence-corrected chi connectivity index (χ3v) is 7.67. The average molecular weight is 557 g/mol. The summed E-state index contributed by atoms with van der Waals surface area (Å²) in [5.74, 6) is -0.743. The number of carbonyl (C=O) groups excluding carboxylic acids is 4.